The highest BCUT2D eigenvalue weighted by atomic mass is 32.1. The Bertz CT molecular complexity index is 635. The Morgan fingerprint density at radius 3 is 2.95 bits per heavy atom. The van der Waals surface area contributed by atoms with Gasteiger partial charge in [0.2, 0.25) is 5.91 Å². The lowest BCUT2D eigenvalue weighted by Gasteiger charge is -2.20. The molecule has 2 aromatic rings. The van der Waals surface area contributed by atoms with Crippen molar-refractivity contribution in [1.82, 2.24) is 0 Å². The molecule has 0 atom stereocenters. The lowest BCUT2D eigenvalue weighted by atomic mass is 10.2. The van der Waals surface area contributed by atoms with Gasteiger partial charge in [0.1, 0.15) is 13.2 Å². The van der Waals surface area contributed by atoms with E-state index >= 15 is 0 Å². The van der Waals surface area contributed by atoms with E-state index in [-0.39, 0.29) is 5.91 Å². The van der Waals surface area contributed by atoms with Crippen molar-refractivity contribution in [3.8, 4) is 11.5 Å². The van der Waals surface area contributed by atoms with Crippen LogP contribution in [0.4, 0.5) is 5.69 Å². The average molecular weight is 287 g/mol. The van der Waals surface area contributed by atoms with Crippen molar-refractivity contribution in [3.63, 3.8) is 0 Å². The highest BCUT2D eigenvalue weighted by molar-refractivity contribution is 7.10. The largest absolute Gasteiger partial charge is 0.486 e. The van der Waals surface area contributed by atoms with Gasteiger partial charge in [0, 0.05) is 11.0 Å². The van der Waals surface area contributed by atoms with Crippen molar-refractivity contribution in [2.75, 3.05) is 18.5 Å². The van der Waals surface area contributed by atoms with E-state index in [0.717, 1.165) is 4.88 Å². The van der Waals surface area contributed by atoms with Crippen molar-refractivity contribution in [1.29, 1.82) is 0 Å². The normalized spacial score (nSPS) is 13.4. The second-order valence-corrected chi connectivity index (χ2v) is 5.15. The van der Waals surface area contributed by atoms with Crippen LogP contribution >= 0.6 is 11.3 Å². The molecule has 0 radical (unpaired) electrons. The number of anilines is 1. The molecule has 5 heteroatoms. The fraction of sp³-hybridized carbons (Fsp3) is 0.133. The van der Waals surface area contributed by atoms with Gasteiger partial charge in [-0.05, 0) is 29.7 Å². The summed E-state index contributed by atoms with van der Waals surface area (Å²) >= 11 is 1.58. The van der Waals surface area contributed by atoms with Gasteiger partial charge in [-0.2, -0.15) is 0 Å². The molecule has 0 spiro atoms. The van der Waals surface area contributed by atoms with Gasteiger partial charge in [0.25, 0.3) is 0 Å². The third-order valence-electron chi connectivity index (χ3n) is 2.77. The number of carbonyl (C=O) groups excluding carboxylic acids is 1. The minimum atomic E-state index is -0.194. The molecule has 0 saturated carbocycles. The molecule has 0 saturated heterocycles. The summed E-state index contributed by atoms with van der Waals surface area (Å²) in [5, 5.41) is 4.77. The smallest absolute Gasteiger partial charge is 0.248 e. The summed E-state index contributed by atoms with van der Waals surface area (Å²) in [6.45, 7) is 1.02. The van der Waals surface area contributed by atoms with Crippen molar-refractivity contribution < 1.29 is 14.3 Å². The van der Waals surface area contributed by atoms with E-state index in [4.69, 9.17) is 9.47 Å². The van der Waals surface area contributed by atoms with E-state index in [9.17, 15) is 4.79 Å². The molecule has 0 aliphatic carbocycles. The first-order valence-electron chi connectivity index (χ1n) is 6.24. The van der Waals surface area contributed by atoms with Crippen LogP contribution in [0.1, 0.15) is 4.88 Å². The third-order valence-corrected chi connectivity index (χ3v) is 3.60. The lowest BCUT2D eigenvalue weighted by molar-refractivity contribution is -0.111. The second kappa shape index (κ2) is 5.79. The van der Waals surface area contributed by atoms with Crippen LogP contribution in [0.25, 0.3) is 6.08 Å². The highest BCUT2D eigenvalue weighted by Crippen LogP contribution is 2.37. The first-order chi connectivity index (χ1) is 9.83. The second-order valence-electron chi connectivity index (χ2n) is 4.17. The molecule has 1 amide bonds. The number of hydrogen-bond acceptors (Lipinski definition) is 4. The molecule has 1 aromatic heterocycles. The molecule has 1 aliphatic heterocycles. The molecule has 20 heavy (non-hydrogen) atoms. The van der Waals surface area contributed by atoms with Gasteiger partial charge in [0.05, 0.1) is 5.69 Å². The quantitative estimate of drug-likeness (QED) is 0.882. The van der Waals surface area contributed by atoms with Crippen LogP contribution in [0.2, 0.25) is 0 Å². The van der Waals surface area contributed by atoms with E-state index < -0.39 is 0 Å². The molecule has 2 heterocycles. The number of thiophene rings is 1. The molecule has 0 unspecified atom stereocenters. The number of hydrogen-bond donors (Lipinski definition) is 1. The first-order valence-corrected chi connectivity index (χ1v) is 7.12. The van der Waals surface area contributed by atoms with E-state index in [0.29, 0.717) is 30.4 Å². The third kappa shape index (κ3) is 2.83. The van der Waals surface area contributed by atoms with Gasteiger partial charge in [-0.3, -0.25) is 4.79 Å². The number of carbonyl (C=O) groups is 1. The van der Waals surface area contributed by atoms with Gasteiger partial charge < -0.3 is 14.8 Å². The summed E-state index contributed by atoms with van der Waals surface area (Å²) in [5.41, 5.74) is 0.628. The Kier molecular flexibility index (Phi) is 3.69. The molecule has 1 aromatic carbocycles. The predicted molar refractivity (Wildman–Crippen MR) is 79.4 cm³/mol. The number of ether oxygens (including phenoxy) is 2. The minimum Gasteiger partial charge on any atom is -0.486 e. The maximum Gasteiger partial charge on any atom is 0.248 e. The zero-order valence-electron chi connectivity index (χ0n) is 10.7. The lowest BCUT2D eigenvalue weighted by Crippen LogP contribution is -2.17. The molecule has 1 aliphatic rings. The van der Waals surface area contributed by atoms with Crippen LogP contribution in [0.5, 0.6) is 11.5 Å². The van der Waals surface area contributed by atoms with Gasteiger partial charge in [-0.15, -0.1) is 11.3 Å². The molecule has 1 N–H and O–H groups in total. The summed E-state index contributed by atoms with van der Waals surface area (Å²) < 4.78 is 11.0. The Morgan fingerprint density at radius 2 is 2.10 bits per heavy atom. The standard InChI is InChI=1S/C15H13NO3S/c17-14(7-6-11-3-2-10-20-11)16-12-4-1-5-13-15(12)19-9-8-18-13/h1-7,10H,8-9H2,(H,16,17)/b7-6+. The molecular formula is C15H13NO3S. The maximum absolute atomic E-state index is 11.9. The van der Waals surface area contributed by atoms with Crippen LogP contribution in [-0.2, 0) is 4.79 Å². The molecule has 102 valence electrons. The zero-order chi connectivity index (χ0) is 13.8. The van der Waals surface area contributed by atoms with Crippen molar-refractivity contribution in [2.24, 2.45) is 0 Å². The van der Waals surface area contributed by atoms with Crippen LogP contribution in [0.3, 0.4) is 0 Å². The summed E-state index contributed by atoms with van der Waals surface area (Å²) in [5.74, 6) is 1.06. The molecule has 3 rings (SSSR count). The Morgan fingerprint density at radius 1 is 1.20 bits per heavy atom. The molecule has 0 fully saturated rings. The zero-order valence-corrected chi connectivity index (χ0v) is 11.5. The van der Waals surface area contributed by atoms with Crippen LogP contribution in [-0.4, -0.2) is 19.1 Å². The minimum absolute atomic E-state index is 0.194. The van der Waals surface area contributed by atoms with E-state index in [2.05, 4.69) is 5.32 Å². The number of fused-ring (bicyclic) bond motifs is 1. The van der Waals surface area contributed by atoms with Crippen LogP contribution in [0.15, 0.2) is 41.8 Å². The van der Waals surface area contributed by atoms with Crippen molar-refractivity contribution in [2.45, 2.75) is 0 Å². The van der Waals surface area contributed by atoms with Gasteiger partial charge in [-0.25, -0.2) is 0 Å². The number of para-hydroxylation sites is 1. The maximum atomic E-state index is 11.9. The van der Waals surface area contributed by atoms with E-state index in [1.165, 1.54) is 6.08 Å². The monoisotopic (exact) mass is 287 g/mol. The number of nitrogens with one attached hydrogen (secondary N) is 1. The fourth-order valence-electron chi connectivity index (χ4n) is 1.89. The molecule has 0 bridgehead atoms. The molecular weight excluding hydrogens is 274 g/mol. The van der Waals surface area contributed by atoms with Gasteiger partial charge in [0.15, 0.2) is 11.5 Å². The Balaban J connectivity index is 1.73. The number of amides is 1. The summed E-state index contributed by atoms with van der Waals surface area (Å²) in [7, 11) is 0. The number of rotatable bonds is 3. The SMILES string of the molecule is O=C(/C=C/c1cccs1)Nc1cccc2c1OCCO2. The van der Waals surface area contributed by atoms with Gasteiger partial charge >= 0.3 is 0 Å². The predicted octanol–water partition coefficient (Wildman–Crippen LogP) is 3.17. The van der Waals surface area contributed by atoms with Gasteiger partial charge in [-0.1, -0.05) is 12.1 Å². The first kappa shape index (κ1) is 12.7. The van der Waals surface area contributed by atoms with Crippen molar-refractivity contribution >= 4 is 29.0 Å². The Labute approximate surface area is 120 Å². The average Bonchev–Trinajstić information content (AvgIpc) is 2.99. The highest BCUT2D eigenvalue weighted by Gasteiger charge is 2.16. The van der Waals surface area contributed by atoms with Crippen LogP contribution in [0, 0.1) is 0 Å². The topological polar surface area (TPSA) is 47.6 Å². The van der Waals surface area contributed by atoms with E-state index in [1.807, 2.05) is 29.6 Å². The summed E-state index contributed by atoms with van der Waals surface area (Å²) in [6.07, 6.45) is 3.29. The van der Waals surface area contributed by atoms with Crippen molar-refractivity contribution in [3.05, 3.63) is 46.7 Å². The summed E-state index contributed by atoms with van der Waals surface area (Å²) in [6, 6.07) is 9.35. The Hall–Kier alpha value is -2.27. The van der Waals surface area contributed by atoms with Crippen LogP contribution < -0.4 is 14.8 Å². The van der Waals surface area contributed by atoms with E-state index in [1.54, 1.807) is 23.5 Å². The fourth-order valence-corrected chi connectivity index (χ4v) is 2.51. The molecule has 4 nitrogen and oxygen atoms in total. The summed E-state index contributed by atoms with van der Waals surface area (Å²) in [4.78, 5) is 12.9. The number of benzene rings is 1.